The number of fused-ring (bicyclic) bond motifs is 1. The van der Waals surface area contributed by atoms with Crippen LogP contribution in [0.2, 0.25) is 0 Å². The molecule has 7 nitrogen and oxygen atoms in total. The lowest BCUT2D eigenvalue weighted by atomic mass is 9.68. The van der Waals surface area contributed by atoms with E-state index in [1.807, 2.05) is 28.1 Å². The van der Waals surface area contributed by atoms with Gasteiger partial charge in [-0.2, -0.15) is 0 Å². The predicted octanol–water partition coefficient (Wildman–Crippen LogP) is 0.747. The second-order valence-electron chi connectivity index (χ2n) is 5.94. The summed E-state index contributed by atoms with van der Waals surface area (Å²) in [6, 6.07) is 0.0410. The van der Waals surface area contributed by atoms with E-state index in [1.54, 1.807) is 6.33 Å². The molecule has 1 spiro atoms. The normalized spacial score (nSPS) is 29.7. The third-order valence-electron chi connectivity index (χ3n) is 4.89. The molecule has 23 heavy (non-hydrogen) atoms. The van der Waals surface area contributed by atoms with Crippen molar-refractivity contribution in [2.24, 2.45) is 11.8 Å². The van der Waals surface area contributed by atoms with Crippen LogP contribution in [0, 0.1) is 11.8 Å². The number of thioether (sulfide) groups is 2. The van der Waals surface area contributed by atoms with Gasteiger partial charge in [-0.25, -0.2) is 15.0 Å². The molecule has 3 atom stereocenters. The molecule has 1 saturated heterocycles. The van der Waals surface area contributed by atoms with Gasteiger partial charge in [0.1, 0.15) is 11.8 Å². The summed E-state index contributed by atoms with van der Waals surface area (Å²) in [5.74, 6) is 2.57. The molecule has 1 aliphatic heterocycles. The van der Waals surface area contributed by atoms with Crippen molar-refractivity contribution in [3.63, 3.8) is 0 Å². The second kappa shape index (κ2) is 5.80. The number of nitrogens with two attached hydrogens (primary N) is 1. The number of rotatable bonds is 3. The molecular weight excluding hydrogens is 334 g/mol. The largest absolute Gasteiger partial charge is 0.396 e. The standard InChI is InChI=1S/C14H19N5O2S2/c15-12-10-13(17-6-16-12)19(7-18-10)11-8(4-20)9(5-21)14(11)22-2-1-3-23-14/h6-9,11,20-21H,1-5H2,(H2,15,16,17)/t8-,9-,11+/m1/s1. The van der Waals surface area contributed by atoms with Gasteiger partial charge < -0.3 is 20.5 Å². The predicted molar refractivity (Wildman–Crippen MR) is 92.2 cm³/mol. The van der Waals surface area contributed by atoms with Crippen molar-refractivity contribution in [3.05, 3.63) is 12.7 Å². The maximum Gasteiger partial charge on any atom is 0.165 e. The lowest BCUT2D eigenvalue weighted by Gasteiger charge is -2.61. The van der Waals surface area contributed by atoms with Crippen LogP contribution in [0.25, 0.3) is 11.2 Å². The van der Waals surface area contributed by atoms with Gasteiger partial charge in [0.15, 0.2) is 11.5 Å². The van der Waals surface area contributed by atoms with Crippen molar-refractivity contribution < 1.29 is 10.2 Å². The van der Waals surface area contributed by atoms with Crippen molar-refractivity contribution >= 4 is 40.5 Å². The minimum atomic E-state index is -0.131. The van der Waals surface area contributed by atoms with E-state index in [9.17, 15) is 10.2 Å². The van der Waals surface area contributed by atoms with Gasteiger partial charge in [0.25, 0.3) is 0 Å². The van der Waals surface area contributed by atoms with Gasteiger partial charge in [0.2, 0.25) is 0 Å². The molecule has 4 rings (SSSR count). The first kappa shape index (κ1) is 15.5. The first-order chi connectivity index (χ1) is 11.2. The second-order valence-corrected chi connectivity index (χ2v) is 8.94. The van der Waals surface area contributed by atoms with Gasteiger partial charge >= 0.3 is 0 Å². The van der Waals surface area contributed by atoms with Crippen LogP contribution in [-0.2, 0) is 0 Å². The first-order valence-electron chi connectivity index (χ1n) is 7.65. The Morgan fingerprint density at radius 2 is 2.00 bits per heavy atom. The lowest BCUT2D eigenvalue weighted by molar-refractivity contribution is -0.0106. The number of aliphatic hydroxyl groups is 2. The molecule has 0 aromatic carbocycles. The van der Waals surface area contributed by atoms with Crippen molar-refractivity contribution in [1.82, 2.24) is 19.5 Å². The summed E-state index contributed by atoms with van der Waals surface area (Å²) in [5.41, 5.74) is 7.19. The number of hydrogen-bond donors (Lipinski definition) is 3. The lowest BCUT2D eigenvalue weighted by Crippen LogP contribution is -2.62. The molecule has 0 radical (unpaired) electrons. The van der Waals surface area contributed by atoms with Crippen LogP contribution in [0.5, 0.6) is 0 Å². The average Bonchev–Trinajstić information content (AvgIpc) is 2.99. The molecule has 2 aliphatic rings. The monoisotopic (exact) mass is 353 g/mol. The Hall–Kier alpha value is -1.03. The summed E-state index contributed by atoms with van der Waals surface area (Å²) in [6.07, 6.45) is 4.36. The fourth-order valence-corrected chi connectivity index (χ4v) is 7.91. The number of aromatic nitrogens is 4. The SMILES string of the molecule is Nc1ncnc2c1ncn2[C@H]1[C@H](CO)[C@@H](CO)C12SCCCS2. The molecule has 3 heterocycles. The van der Waals surface area contributed by atoms with Crippen molar-refractivity contribution in [2.45, 2.75) is 16.5 Å². The molecule has 0 unspecified atom stereocenters. The minimum Gasteiger partial charge on any atom is -0.396 e. The highest BCUT2D eigenvalue weighted by atomic mass is 32.2. The quantitative estimate of drug-likeness (QED) is 0.741. The van der Waals surface area contributed by atoms with Crippen molar-refractivity contribution in [1.29, 1.82) is 0 Å². The highest BCUT2D eigenvalue weighted by Crippen LogP contribution is 2.67. The van der Waals surface area contributed by atoms with Crippen LogP contribution in [-0.4, -0.2) is 58.5 Å². The number of nitrogen functional groups attached to an aromatic ring is 1. The molecule has 0 bridgehead atoms. The summed E-state index contributed by atoms with van der Waals surface area (Å²) >= 11 is 3.78. The van der Waals surface area contributed by atoms with Gasteiger partial charge in [-0.1, -0.05) is 0 Å². The van der Waals surface area contributed by atoms with E-state index < -0.39 is 0 Å². The van der Waals surface area contributed by atoms with Gasteiger partial charge in [0, 0.05) is 25.0 Å². The van der Waals surface area contributed by atoms with Crippen LogP contribution in [0.3, 0.4) is 0 Å². The molecule has 0 amide bonds. The number of aliphatic hydroxyl groups excluding tert-OH is 2. The number of nitrogens with zero attached hydrogens (tertiary/aromatic N) is 4. The Morgan fingerprint density at radius 1 is 1.22 bits per heavy atom. The Labute approximate surface area is 142 Å². The van der Waals surface area contributed by atoms with Crippen LogP contribution in [0.4, 0.5) is 5.82 Å². The van der Waals surface area contributed by atoms with Gasteiger partial charge in [-0.3, -0.25) is 0 Å². The molecule has 124 valence electrons. The zero-order valence-electron chi connectivity index (χ0n) is 12.5. The molecule has 2 aromatic rings. The maximum absolute atomic E-state index is 9.88. The van der Waals surface area contributed by atoms with Crippen LogP contribution < -0.4 is 5.73 Å². The van der Waals surface area contributed by atoms with E-state index in [-0.39, 0.29) is 35.2 Å². The van der Waals surface area contributed by atoms with Gasteiger partial charge in [-0.05, 0) is 17.9 Å². The highest BCUT2D eigenvalue weighted by molar-refractivity contribution is 8.19. The van der Waals surface area contributed by atoms with E-state index >= 15 is 0 Å². The molecule has 4 N–H and O–H groups in total. The molecule has 9 heteroatoms. The fraction of sp³-hybridized carbons (Fsp3) is 0.643. The molecule has 1 aliphatic carbocycles. The summed E-state index contributed by atoms with van der Waals surface area (Å²) in [5, 5.41) is 19.7. The van der Waals surface area contributed by atoms with Crippen molar-refractivity contribution in [3.8, 4) is 0 Å². The Balaban J connectivity index is 1.82. The van der Waals surface area contributed by atoms with E-state index in [0.29, 0.717) is 17.0 Å². The van der Waals surface area contributed by atoms with Crippen LogP contribution >= 0.6 is 23.5 Å². The average molecular weight is 353 g/mol. The zero-order chi connectivity index (χ0) is 16.0. The molecule has 2 fully saturated rings. The van der Waals surface area contributed by atoms with Gasteiger partial charge in [0.05, 0.1) is 16.4 Å². The number of imidazole rings is 1. The Kier molecular flexibility index (Phi) is 3.91. The zero-order valence-corrected chi connectivity index (χ0v) is 14.1. The van der Waals surface area contributed by atoms with Crippen LogP contribution in [0.1, 0.15) is 12.5 Å². The maximum atomic E-state index is 9.88. The summed E-state index contributed by atoms with van der Waals surface area (Å²) in [7, 11) is 0. The number of anilines is 1. The summed E-state index contributed by atoms with van der Waals surface area (Å²) in [6.45, 7) is 0.129. The Morgan fingerprint density at radius 3 is 2.70 bits per heavy atom. The smallest absolute Gasteiger partial charge is 0.165 e. The van der Waals surface area contributed by atoms with E-state index in [2.05, 4.69) is 15.0 Å². The number of hydrogen-bond acceptors (Lipinski definition) is 8. The van der Waals surface area contributed by atoms with Crippen molar-refractivity contribution in [2.75, 3.05) is 30.5 Å². The highest BCUT2D eigenvalue weighted by Gasteiger charge is 2.63. The van der Waals surface area contributed by atoms with Gasteiger partial charge in [-0.15, -0.1) is 23.5 Å². The Bertz CT molecular complexity index is 718. The third-order valence-corrected chi connectivity index (χ3v) is 8.57. The first-order valence-corrected chi connectivity index (χ1v) is 9.62. The van der Waals surface area contributed by atoms with E-state index in [4.69, 9.17) is 5.73 Å². The van der Waals surface area contributed by atoms with Crippen LogP contribution in [0.15, 0.2) is 12.7 Å². The summed E-state index contributed by atoms with van der Waals surface area (Å²) < 4.78 is 1.89. The fourth-order valence-electron chi connectivity index (χ4n) is 3.83. The van der Waals surface area contributed by atoms with E-state index in [0.717, 1.165) is 11.5 Å². The minimum absolute atomic E-state index is 0.00769. The topological polar surface area (TPSA) is 110 Å². The van der Waals surface area contributed by atoms with E-state index in [1.165, 1.54) is 12.7 Å². The molecule has 1 saturated carbocycles. The molecule has 2 aromatic heterocycles. The molecular formula is C14H19N5O2S2. The summed E-state index contributed by atoms with van der Waals surface area (Å²) in [4.78, 5) is 12.7. The third kappa shape index (κ3) is 2.10.